The molecule has 0 unspecified atom stereocenters. The van der Waals surface area contributed by atoms with Crippen molar-refractivity contribution in [2.75, 3.05) is 6.26 Å². The van der Waals surface area contributed by atoms with Crippen LogP contribution < -0.4 is 0 Å². The van der Waals surface area contributed by atoms with E-state index >= 15 is 0 Å². The molecule has 0 spiro atoms. The second-order valence-electron chi connectivity index (χ2n) is 6.40. The molecule has 0 radical (unpaired) electrons. The Kier molecular flexibility index (Phi) is 4.59. The lowest BCUT2D eigenvalue weighted by Crippen LogP contribution is -2.14. The van der Waals surface area contributed by atoms with Crippen LogP contribution in [0.3, 0.4) is 0 Å². The molecule has 0 aliphatic rings. The van der Waals surface area contributed by atoms with Crippen LogP contribution in [0, 0.1) is 6.92 Å². The van der Waals surface area contributed by atoms with Gasteiger partial charge in [-0.15, -0.1) is 11.8 Å². The summed E-state index contributed by atoms with van der Waals surface area (Å²) in [6.07, 6.45) is 2.30. The van der Waals surface area contributed by atoms with Crippen molar-refractivity contribution >= 4 is 39.5 Å². The van der Waals surface area contributed by atoms with E-state index in [0.717, 1.165) is 10.5 Å². The van der Waals surface area contributed by atoms with Crippen LogP contribution in [-0.4, -0.2) is 22.9 Å². The van der Waals surface area contributed by atoms with E-state index in [1.165, 1.54) is 27.4 Å². The molecule has 2 aromatic carbocycles. The average Bonchev–Trinajstić information content (AvgIpc) is 2.81. The number of carbonyl (C=O) groups is 1. The van der Waals surface area contributed by atoms with Gasteiger partial charge >= 0.3 is 5.97 Å². The third kappa shape index (κ3) is 2.80. The summed E-state index contributed by atoms with van der Waals surface area (Å²) in [7, 11) is 2.10. The molecule has 3 aromatic rings. The van der Waals surface area contributed by atoms with E-state index in [1.54, 1.807) is 11.8 Å². The van der Waals surface area contributed by atoms with Crippen LogP contribution in [-0.2, 0) is 23.0 Å². The zero-order valence-electron chi connectivity index (χ0n) is 14.8. The molecule has 1 heterocycles. The molecule has 0 amide bonds. The fraction of sp³-hybridized carbons (Fsp3) is 0.350. The monoisotopic (exact) mass is 341 g/mol. The number of carbonyl (C=O) groups excluding carboxylic acids is 1. The van der Waals surface area contributed by atoms with Crippen LogP contribution in [0.5, 0.6) is 0 Å². The van der Waals surface area contributed by atoms with Gasteiger partial charge in [0.15, 0.2) is 0 Å². The summed E-state index contributed by atoms with van der Waals surface area (Å²) in [4.78, 5) is 13.3. The SMILES string of the molecule is CSc1c(CC(=O)OC(C)C)cc(C)c2c3ccccc3n(C)c12. The Labute approximate surface area is 147 Å². The van der Waals surface area contributed by atoms with Crippen molar-refractivity contribution in [1.82, 2.24) is 4.57 Å². The minimum atomic E-state index is -0.169. The van der Waals surface area contributed by atoms with Crippen LogP contribution >= 0.6 is 11.8 Å². The minimum absolute atomic E-state index is 0.0855. The summed E-state index contributed by atoms with van der Waals surface area (Å²) < 4.78 is 7.58. The van der Waals surface area contributed by atoms with Crippen LogP contribution in [0.1, 0.15) is 25.0 Å². The van der Waals surface area contributed by atoms with Gasteiger partial charge in [0, 0.05) is 28.2 Å². The number of esters is 1. The Hall–Kier alpha value is -1.94. The Bertz CT molecular complexity index is 924. The zero-order valence-corrected chi connectivity index (χ0v) is 15.7. The fourth-order valence-electron chi connectivity index (χ4n) is 3.43. The number of aromatic nitrogens is 1. The number of nitrogens with zero attached hydrogens (tertiary/aromatic N) is 1. The first kappa shape index (κ1) is 16.9. The van der Waals surface area contributed by atoms with Gasteiger partial charge in [-0.1, -0.05) is 24.3 Å². The van der Waals surface area contributed by atoms with E-state index in [2.05, 4.69) is 55.1 Å². The molecule has 0 N–H and O–H groups in total. The highest BCUT2D eigenvalue weighted by Gasteiger charge is 2.19. The van der Waals surface area contributed by atoms with Crippen LogP contribution in [0.4, 0.5) is 0 Å². The van der Waals surface area contributed by atoms with Gasteiger partial charge in [0.1, 0.15) is 0 Å². The largest absolute Gasteiger partial charge is 0.463 e. The van der Waals surface area contributed by atoms with Crippen molar-refractivity contribution in [3.63, 3.8) is 0 Å². The average molecular weight is 341 g/mol. The molecule has 0 fully saturated rings. The lowest BCUT2D eigenvalue weighted by atomic mass is 10.0. The number of para-hydroxylation sites is 1. The summed E-state index contributed by atoms with van der Waals surface area (Å²) in [5.41, 5.74) is 4.67. The van der Waals surface area contributed by atoms with Gasteiger partial charge in [-0.25, -0.2) is 0 Å². The molecular formula is C20H23NO2S. The maximum atomic E-state index is 12.2. The second kappa shape index (κ2) is 6.52. The molecule has 0 atom stereocenters. The van der Waals surface area contributed by atoms with Crippen LogP contribution in [0.2, 0.25) is 0 Å². The van der Waals surface area contributed by atoms with E-state index in [-0.39, 0.29) is 12.1 Å². The number of hydrogen-bond donors (Lipinski definition) is 0. The van der Waals surface area contributed by atoms with Gasteiger partial charge in [0.25, 0.3) is 0 Å². The predicted molar refractivity (Wildman–Crippen MR) is 102 cm³/mol. The van der Waals surface area contributed by atoms with E-state index < -0.39 is 0 Å². The van der Waals surface area contributed by atoms with Crippen molar-refractivity contribution in [3.05, 3.63) is 41.5 Å². The summed E-state index contributed by atoms with van der Waals surface area (Å²) in [6.45, 7) is 5.88. The van der Waals surface area contributed by atoms with E-state index in [0.29, 0.717) is 6.42 Å². The molecule has 24 heavy (non-hydrogen) atoms. The standard InChI is InChI=1S/C20H23NO2S/c1-12(2)23-17(22)11-14-10-13(3)18-15-8-6-7-9-16(15)21(4)19(18)20(14)24-5/h6-10,12H,11H2,1-5H3. The maximum Gasteiger partial charge on any atom is 0.310 e. The Morgan fingerprint density at radius 1 is 1.29 bits per heavy atom. The van der Waals surface area contributed by atoms with Gasteiger partial charge in [-0.3, -0.25) is 4.79 Å². The van der Waals surface area contributed by atoms with Crippen molar-refractivity contribution < 1.29 is 9.53 Å². The third-order valence-electron chi connectivity index (χ3n) is 4.30. The lowest BCUT2D eigenvalue weighted by molar-refractivity contribution is -0.146. The Morgan fingerprint density at radius 2 is 2.00 bits per heavy atom. The maximum absolute atomic E-state index is 12.2. The number of ether oxygens (including phenoxy) is 1. The number of thioether (sulfide) groups is 1. The predicted octanol–water partition coefficient (Wildman–Crippen LogP) is 4.86. The normalized spacial score (nSPS) is 11.6. The molecule has 0 aliphatic heterocycles. The van der Waals surface area contributed by atoms with Crippen LogP contribution in [0.15, 0.2) is 35.2 Å². The van der Waals surface area contributed by atoms with E-state index in [4.69, 9.17) is 4.74 Å². The quantitative estimate of drug-likeness (QED) is 0.502. The summed E-state index contributed by atoms with van der Waals surface area (Å²) >= 11 is 1.70. The molecule has 3 nitrogen and oxygen atoms in total. The van der Waals surface area contributed by atoms with Crippen molar-refractivity contribution in [2.45, 2.75) is 38.2 Å². The van der Waals surface area contributed by atoms with Crippen LogP contribution in [0.25, 0.3) is 21.8 Å². The molecule has 0 saturated heterocycles. The molecule has 4 heteroatoms. The van der Waals surface area contributed by atoms with Crippen molar-refractivity contribution in [2.24, 2.45) is 7.05 Å². The number of aryl methyl sites for hydroxylation is 2. The van der Waals surface area contributed by atoms with Gasteiger partial charge in [0.05, 0.1) is 18.0 Å². The first-order valence-corrected chi connectivity index (χ1v) is 9.39. The number of fused-ring (bicyclic) bond motifs is 3. The van der Waals surface area contributed by atoms with Crippen molar-refractivity contribution in [1.29, 1.82) is 0 Å². The summed E-state index contributed by atoms with van der Waals surface area (Å²) in [5, 5.41) is 2.54. The molecule has 0 aliphatic carbocycles. The first-order valence-electron chi connectivity index (χ1n) is 8.17. The van der Waals surface area contributed by atoms with Gasteiger partial charge in [0.2, 0.25) is 0 Å². The zero-order chi connectivity index (χ0) is 17.4. The number of benzene rings is 2. The molecule has 0 saturated carbocycles. The van der Waals surface area contributed by atoms with Crippen molar-refractivity contribution in [3.8, 4) is 0 Å². The van der Waals surface area contributed by atoms with Gasteiger partial charge in [-0.2, -0.15) is 0 Å². The first-order chi connectivity index (χ1) is 11.4. The Morgan fingerprint density at radius 3 is 2.67 bits per heavy atom. The molecule has 126 valence electrons. The van der Waals surface area contributed by atoms with Gasteiger partial charge in [-0.05, 0) is 44.2 Å². The van der Waals surface area contributed by atoms with E-state index in [9.17, 15) is 4.79 Å². The molecule has 3 rings (SSSR count). The van der Waals surface area contributed by atoms with Gasteiger partial charge < -0.3 is 9.30 Å². The highest BCUT2D eigenvalue weighted by molar-refractivity contribution is 7.98. The fourth-order valence-corrected chi connectivity index (χ4v) is 4.25. The lowest BCUT2D eigenvalue weighted by Gasteiger charge is -2.14. The topological polar surface area (TPSA) is 31.2 Å². The summed E-state index contributed by atoms with van der Waals surface area (Å²) in [6, 6.07) is 10.6. The number of rotatable bonds is 4. The molecule has 0 bridgehead atoms. The third-order valence-corrected chi connectivity index (χ3v) is 5.17. The Balaban J connectivity index is 2.24. The highest BCUT2D eigenvalue weighted by atomic mass is 32.2. The smallest absolute Gasteiger partial charge is 0.310 e. The van der Waals surface area contributed by atoms with E-state index in [1.807, 2.05) is 13.8 Å². The minimum Gasteiger partial charge on any atom is -0.463 e. The second-order valence-corrected chi connectivity index (χ2v) is 7.22. The highest BCUT2D eigenvalue weighted by Crippen LogP contribution is 2.38. The number of hydrogen-bond acceptors (Lipinski definition) is 3. The summed E-state index contributed by atoms with van der Waals surface area (Å²) in [5.74, 6) is -0.169. The molecular weight excluding hydrogens is 318 g/mol. The molecule has 1 aromatic heterocycles.